The second-order valence-electron chi connectivity index (χ2n) is 8.70. The Labute approximate surface area is 198 Å². The van der Waals surface area contributed by atoms with Crippen LogP contribution in [0.5, 0.6) is 0 Å². The first-order valence-electron chi connectivity index (χ1n) is 11.8. The van der Waals surface area contributed by atoms with Gasteiger partial charge in [0.15, 0.2) is 5.82 Å². The highest BCUT2D eigenvalue weighted by Gasteiger charge is 2.22. The number of fused-ring (bicyclic) bond motifs is 1. The van der Waals surface area contributed by atoms with E-state index in [2.05, 4.69) is 37.1 Å². The fraction of sp³-hybridized carbons (Fsp3) is 0.417. The highest BCUT2D eigenvalue weighted by atomic mass is 16.5. The molecule has 1 amide bonds. The number of carbonyl (C=O) groups is 1. The Morgan fingerprint density at radius 3 is 2.94 bits per heavy atom. The smallest absolute Gasteiger partial charge is 0.271 e. The molecular formula is C24H30N8O2. The van der Waals surface area contributed by atoms with Gasteiger partial charge in [-0.05, 0) is 31.9 Å². The molecule has 3 aromatic rings. The summed E-state index contributed by atoms with van der Waals surface area (Å²) in [7, 11) is 0. The van der Waals surface area contributed by atoms with Crippen LogP contribution in [-0.2, 0) is 4.74 Å². The maximum Gasteiger partial charge on any atom is 0.271 e. The minimum Gasteiger partial charge on any atom is -0.378 e. The van der Waals surface area contributed by atoms with Gasteiger partial charge in [-0.1, -0.05) is 29.8 Å². The fourth-order valence-corrected chi connectivity index (χ4v) is 4.28. The predicted molar refractivity (Wildman–Crippen MR) is 132 cm³/mol. The number of hydrogen-bond donors (Lipinski definition) is 3. The Hall–Kier alpha value is -3.50. The summed E-state index contributed by atoms with van der Waals surface area (Å²) in [5.41, 5.74) is 6.21. The van der Waals surface area contributed by atoms with Crippen molar-refractivity contribution in [3.8, 4) is 0 Å². The van der Waals surface area contributed by atoms with E-state index in [-0.39, 0.29) is 11.9 Å². The number of nitrogens with zero attached hydrogens (tertiary/aromatic N) is 5. The lowest BCUT2D eigenvalue weighted by Crippen LogP contribution is -2.45. The van der Waals surface area contributed by atoms with Crippen molar-refractivity contribution < 1.29 is 9.53 Å². The lowest BCUT2D eigenvalue weighted by molar-refractivity contribution is 0.0926. The van der Waals surface area contributed by atoms with Crippen molar-refractivity contribution in [1.29, 1.82) is 0 Å². The first kappa shape index (κ1) is 22.3. The van der Waals surface area contributed by atoms with Crippen LogP contribution >= 0.6 is 0 Å². The Bertz CT molecular complexity index is 1180. The normalized spacial score (nSPS) is 19.0. The molecule has 2 saturated heterocycles. The lowest BCUT2D eigenvalue weighted by atomic mass is 10.1. The molecule has 2 fully saturated rings. The Kier molecular flexibility index (Phi) is 6.68. The largest absolute Gasteiger partial charge is 0.378 e. The molecule has 34 heavy (non-hydrogen) atoms. The number of hydrazone groups is 1. The molecule has 0 bridgehead atoms. The van der Waals surface area contributed by atoms with Crippen LogP contribution in [0, 0.1) is 6.92 Å². The average molecular weight is 463 g/mol. The zero-order valence-corrected chi connectivity index (χ0v) is 19.3. The molecule has 2 aliphatic heterocycles. The fourth-order valence-electron chi connectivity index (χ4n) is 4.28. The van der Waals surface area contributed by atoms with Gasteiger partial charge in [0.05, 0.1) is 19.4 Å². The number of amides is 1. The Morgan fingerprint density at radius 2 is 2.15 bits per heavy atom. The van der Waals surface area contributed by atoms with Gasteiger partial charge in [0.2, 0.25) is 5.95 Å². The summed E-state index contributed by atoms with van der Waals surface area (Å²) in [5.74, 6) is 1.10. The van der Waals surface area contributed by atoms with Gasteiger partial charge in [-0.2, -0.15) is 10.1 Å². The molecule has 0 radical (unpaired) electrons. The molecule has 0 saturated carbocycles. The molecule has 0 spiro atoms. The molecule has 10 heteroatoms. The maximum absolute atomic E-state index is 12.9. The van der Waals surface area contributed by atoms with Crippen LogP contribution in [0.1, 0.15) is 34.5 Å². The summed E-state index contributed by atoms with van der Waals surface area (Å²) >= 11 is 0. The van der Waals surface area contributed by atoms with E-state index in [1.807, 2.05) is 29.5 Å². The van der Waals surface area contributed by atoms with Crippen molar-refractivity contribution in [3.63, 3.8) is 0 Å². The zero-order chi connectivity index (χ0) is 23.3. The average Bonchev–Trinajstić information content (AvgIpc) is 3.29. The van der Waals surface area contributed by atoms with Crippen molar-refractivity contribution in [3.05, 3.63) is 53.3 Å². The van der Waals surface area contributed by atoms with Crippen molar-refractivity contribution in [1.82, 2.24) is 25.0 Å². The highest BCUT2D eigenvalue weighted by Crippen LogP contribution is 2.21. The van der Waals surface area contributed by atoms with E-state index in [1.165, 1.54) is 5.56 Å². The van der Waals surface area contributed by atoms with E-state index >= 15 is 0 Å². The Balaban J connectivity index is 1.41. The summed E-state index contributed by atoms with van der Waals surface area (Å²) in [6.07, 6.45) is 5.55. The summed E-state index contributed by atoms with van der Waals surface area (Å²) in [6, 6.07) is 10.0. The van der Waals surface area contributed by atoms with Crippen LogP contribution in [0.25, 0.3) is 5.65 Å². The van der Waals surface area contributed by atoms with E-state index in [9.17, 15) is 4.79 Å². The standard InChI is InChI=1S/C24H30N8O2/c1-17-4-2-5-18(12-17)14-26-30-21-13-22-28-20(23(33)27-19-6-3-7-25-15-19)16-32(22)24(29-21)31-8-10-34-11-9-31/h2,4-5,12-14,16,19,25,30H,3,6-11,15H2,1H3,(H,27,33)/b26-14+. The molecule has 2 aromatic heterocycles. The minimum absolute atomic E-state index is 0.121. The third-order valence-electron chi connectivity index (χ3n) is 6.03. The number of anilines is 2. The van der Waals surface area contributed by atoms with Gasteiger partial charge in [0.25, 0.3) is 5.91 Å². The van der Waals surface area contributed by atoms with Crippen LogP contribution in [0.3, 0.4) is 0 Å². The first-order chi connectivity index (χ1) is 16.7. The molecule has 1 atom stereocenters. The van der Waals surface area contributed by atoms with Crippen LogP contribution in [0.4, 0.5) is 11.8 Å². The van der Waals surface area contributed by atoms with Gasteiger partial charge in [-0.15, -0.1) is 0 Å². The summed E-state index contributed by atoms with van der Waals surface area (Å²) in [6.45, 7) is 6.51. The number of benzene rings is 1. The van der Waals surface area contributed by atoms with Gasteiger partial charge in [0, 0.05) is 37.9 Å². The number of rotatable bonds is 6. The van der Waals surface area contributed by atoms with Crippen molar-refractivity contribution in [2.75, 3.05) is 49.7 Å². The third-order valence-corrected chi connectivity index (χ3v) is 6.03. The Morgan fingerprint density at radius 1 is 1.26 bits per heavy atom. The van der Waals surface area contributed by atoms with Crippen molar-refractivity contribution in [2.24, 2.45) is 5.10 Å². The summed E-state index contributed by atoms with van der Waals surface area (Å²) in [5, 5.41) is 10.8. The highest BCUT2D eigenvalue weighted by molar-refractivity contribution is 5.93. The van der Waals surface area contributed by atoms with Crippen LogP contribution in [0.2, 0.25) is 0 Å². The van der Waals surface area contributed by atoms with Gasteiger partial charge in [-0.3, -0.25) is 14.6 Å². The lowest BCUT2D eigenvalue weighted by Gasteiger charge is -2.28. The maximum atomic E-state index is 12.9. The second-order valence-corrected chi connectivity index (χ2v) is 8.70. The number of piperidine rings is 1. The molecule has 5 rings (SSSR count). The second kappa shape index (κ2) is 10.2. The number of ether oxygens (including phenoxy) is 1. The number of imidazole rings is 1. The molecule has 10 nitrogen and oxygen atoms in total. The minimum atomic E-state index is -0.169. The number of morpholine rings is 1. The number of hydrogen-bond acceptors (Lipinski definition) is 8. The van der Waals surface area contributed by atoms with E-state index in [4.69, 9.17) is 9.72 Å². The predicted octanol–water partition coefficient (Wildman–Crippen LogP) is 1.80. The van der Waals surface area contributed by atoms with E-state index in [0.29, 0.717) is 49.4 Å². The first-order valence-corrected chi connectivity index (χ1v) is 11.8. The zero-order valence-electron chi connectivity index (χ0n) is 19.3. The molecule has 1 aromatic carbocycles. The van der Waals surface area contributed by atoms with E-state index < -0.39 is 0 Å². The molecule has 3 N–H and O–H groups in total. The topological polar surface area (TPSA) is 108 Å². The van der Waals surface area contributed by atoms with Crippen LogP contribution in [0.15, 0.2) is 41.6 Å². The van der Waals surface area contributed by atoms with Crippen molar-refractivity contribution in [2.45, 2.75) is 25.8 Å². The SMILES string of the molecule is Cc1cccc(/C=N/Nc2cc3nc(C(=O)NC4CCCNC4)cn3c(N3CCOCC3)n2)c1. The van der Waals surface area contributed by atoms with Gasteiger partial charge >= 0.3 is 0 Å². The summed E-state index contributed by atoms with van der Waals surface area (Å²) in [4.78, 5) is 24.4. The molecular weight excluding hydrogens is 432 g/mol. The van der Waals surface area contributed by atoms with E-state index in [0.717, 1.165) is 31.5 Å². The quantitative estimate of drug-likeness (QED) is 0.379. The van der Waals surface area contributed by atoms with E-state index in [1.54, 1.807) is 18.5 Å². The van der Waals surface area contributed by atoms with Crippen LogP contribution < -0.4 is 21.0 Å². The third kappa shape index (κ3) is 5.18. The summed E-state index contributed by atoms with van der Waals surface area (Å²) < 4.78 is 7.38. The molecule has 1 unspecified atom stereocenters. The number of aryl methyl sites for hydroxylation is 1. The number of aromatic nitrogens is 3. The molecule has 178 valence electrons. The number of carbonyl (C=O) groups excluding carboxylic acids is 1. The number of nitrogens with one attached hydrogen (secondary N) is 3. The van der Waals surface area contributed by atoms with Crippen molar-refractivity contribution >= 4 is 29.5 Å². The van der Waals surface area contributed by atoms with Gasteiger partial charge in [0.1, 0.15) is 11.3 Å². The molecule has 0 aliphatic carbocycles. The van der Waals surface area contributed by atoms with Crippen LogP contribution in [-0.4, -0.2) is 71.9 Å². The molecule has 2 aliphatic rings. The monoisotopic (exact) mass is 462 g/mol. The molecule has 4 heterocycles. The van der Waals surface area contributed by atoms with Gasteiger partial charge in [-0.25, -0.2) is 4.98 Å². The van der Waals surface area contributed by atoms with Gasteiger partial charge < -0.3 is 20.3 Å².